The Bertz CT molecular complexity index is 1420. The van der Waals surface area contributed by atoms with Gasteiger partial charge in [-0.2, -0.15) is 0 Å². The third-order valence-electron chi connectivity index (χ3n) is 6.80. The van der Waals surface area contributed by atoms with Gasteiger partial charge in [0.05, 0.1) is 22.5 Å². The van der Waals surface area contributed by atoms with Crippen molar-refractivity contribution < 1.29 is 23.9 Å². The average Bonchev–Trinajstić information content (AvgIpc) is 3.46. The van der Waals surface area contributed by atoms with E-state index >= 15 is 0 Å². The lowest BCUT2D eigenvalue weighted by Crippen LogP contribution is -2.43. The van der Waals surface area contributed by atoms with E-state index in [1.165, 1.54) is 0 Å². The van der Waals surface area contributed by atoms with Crippen LogP contribution >= 0.6 is 0 Å². The summed E-state index contributed by atoms with van der Waals surface area (Å²) in [5.41, 5.74) is 3.64. The number of benzene rings is 2. The van der Waals surface area contributed by atoms with Crippen LogP contribution in [0.3, 0.4) is 0 Å². The second-order valence-corrected chi connectivity index (χ2v) is 8.97. The Labute approximate surface area is 201 Å². The van der Waals surface area contributed by atoms with E-state index in [0.717, 1.165) is 11.3 Å². The van der Waals surface area contributed by atoms with Crippen molar-refractivity contribution in [1.82, 2.24) is 10.2 Å². The van der Waals surface area contributed by atoms with Crippen molar-refractivity contribution in [3.63, 3.8) is 0 Å². The van der Waals surface area contributed by atoms with Crippen molar-refractivity contribution in [2.24, 2.45) is 4.99 Å². The number of carbonyl (C=O) groups is 3. The Morgan fingerprint density at radius 2 is 1.80 bits per heavy atom. The number of ether oxygens (including phenoxy) is 2. The van der Waals surface area contributed by atoms with E-state index in [2.05, 4.69) is 10.3 Å². The molecule has 4 heterocycles. The first-order valence-corrected chi connectivity index (χ1v) is 11.2. The Morgan fingerprint density at radius 3 is 2.60 bits per heavy atom. The van der Waals surface area contributed by atoms with Crippen LogP contribution in [0, 0.1) is 0 Å². The Kier molecular flexibility index (Phi) is 4.57. The molecule has 0 radical (unpaired) electrons. The molecule has 0 saturated heterocycles. The van der Waals surface area contributed by atoms with Crippen LogP contribution in [-0.4, -0.2) is 55.3 Å². The van der Waals surface area contributed by atoms with Crippen LogP contribution in [0.15, 0.2) is 59.4 Å². The molecule has 9 nitrogen and oxygen atoms in total. The number of hydrogen-bond donors (Lipinski definition) is 1. The highest BCUT2D eigenvalue weighted by atomic mass is 16.7. The Balaban J connectivity index is 1.56. The molecule has 0 aliphatic carbocycles. The molecule has 0 fully saturated rings. The third kappa shape index (κ3) is 2.94. The highest BCUT2D eigenvalue weighted by Crippen LogP contribution is 2.47. The second-order valence-electron chi connectivity index (χ2n) is 8.97. The van der Waals surface area contributed by atoms with E-state index in [-0.39, 0.29) is 29.8 Å². The third-order valence-corrected chi connectivity index (χ3v) is 6.80. The number of anilines is 1. The largest absolute Gasteiger partial charge is 0.454 e. The number of rotatable bonds is 3. The number of carbonyl (C=O) groups excluding carboxylic acids is 3. The Morgan fingerprint density at radius 1 is 1.06 bits per heavy atom. The number of para-hydroxylation sites is 2. The number of nitrogens with one attached hydrogen (secondary N) is 1. The minimum Gasteiger partial charge on any atom is -0.454 e. The van der Waals surface area contributed by atoms with Gasteiger partial charge in [0, 0.05) is 43.5 Å². The van der Waals surface area contributed by atoms with Gasteiger partial charge in [0.2, 0.25) is 12.7 Å². The molecule has 2 unspecified atom stereocenters. The lowest BCUT2D eigenvalue weighted by molar-refractivity contribution is -0.130. The molecule has 4 aliphatic heterocycles. The Hall–Kier alpha value is -4.40. The number of nitrogens with zero attached hydrogens (tertiary/aromatic N) is 3. The fourth-order valence-electron chi connectivity index (χ4n) is 5.24. The maximum absolute atomic E-state index is 13.2. The molecule has 0 bridgehead atoms. The monoisotopic (exact) mass is 470 g/mol. The van der Waals surface area contributed by atoms with Gasteiger partial charge in [0.15, 0.2) is 11.5 Å². The highest BCUT2D eigenvalue weighted by molar-refractivity contribution is 6.48. The maximum Gasteiger partial charge on any atom is 0.261 e. The van der Waals surface area contributed by atoms with E-state index < -0.39 is 17.9 Å². The lowest BCUT2D eigenvalue weighted by Gasteiger charge is -2.27. The van der Waals surface area contributed by atoms with Crippen LogP contribution < -0.4 is 19.7 Å². The molecule has 2 aromatic carbocycles. The van der Waals surface area contributed by atoms with Crippen molar-refractivity contribution >= 4 is 34.7 Å². The van der Waals surface area contributed by atoms with Gasteiger partial charge < -0.3 is 19.3 Å². The minimum atomic E-state index is -0.535. The summed E-state index contributed by atoms with van der Waals surface area (Å²) in [6.07, 6.45) is 3.33. The molecule has 9 heteroatoms. The van der Waals surface area contributed by atoms with Gasteiger partial charge in [0.1, 0.15) is 6.04 Å². The first-order chi connectivity index (χ1) is 16.9. The molecule has 2 atom stereocenters. The molecule has 6 rings (SSSR count). The summed E-state index contributed by atoms with van der Waals surface area (Å²) in [5, 5.41) is 2.42. The molecule has 0 spiro atoms. The summed E-state index contributed by atoms with van der Waals surface area (Å²) in [6.45, 7) is 2.05. The molecule has 176 valence electrons. The molecular weight excluding hydrogens is 448 g/mol. The van der Waals surface area contributed by atoms with Gasteiger partial charge >= 0.3 is 0 Å². The molecular formula is C26H22N4O5. The zero-order valence-corrected chi connectivity index (χ0v) is 19.4. The van der Waals surface area contributed by atoms with E-state index in [9.17, 15) is 14.4 Å². The van der Waals surface area contributed by atoms with Gasteiger partial charge in [-0.15, -0.1) is 0 Å². The zero-order valence-electron chi connectivity index (χ0n) is 19.4. The normalized spacial score (nSPS) is 21.7. The molecule has 2 aromatic rings. The van der Waals surface area contributed by atoms with Crippen molar-refractivity contribution in [2.45, 2.75) is 18.9 Å². The van der Waals surface area contributed by atoms with Crippen LogP contribution in [0.5, 0.6) is 11.5 Å². The second kappa shape index (κ2) is 7.56. The first kappa shape index (κ1) is 21.2. The van der Waals surface area contributed by atoms with Gasteiger partial charge in [0.25, 0.3) is 11.8 Å². The van der Waals surface area contributed by atoms with Crippen molar-refractivity contribution in [1.29, 1.82) is 0 Å². The molecule has 0 saturated carbocycles. The molecule has 4 aliphatic rings. The average molecular weight is 470 g/mol. The summed E-state index contributed by atoms with van der Waals surface area (Å²) < 4.78 is 11.1. The quantitative estimate of drug-likeness (QED) is 0.691. The number of amides is 3. The van der Waals surface area contributed by atoms with Crippen molar-refractivity contribution in [2.75, 3.05) is 25.8 Å². The number of likely N-dealkylation sites (N-methyl/N-ethyl adjacent to an activating group) is 1. The summed E-state index contributed by atoms with van der Waals surface area (Å²) in [6, 6.07) is 10.5. The molecule has 3 amide bonds. The standard InChI is InChI=1S/C26H22N4O5/c1-13-14-6-4-8-16-20(27-10-11-30(22(14)16)21(13)26(33)29(2)3)19-18(24(31)28-25(19)32)15-7-5-9-17-23(15)35-12-34-17/h4-11,13,21H,12H2,1-3H3,(H,28,31,32). The SMILES string of the molecule is CC1c2cccc3c2N(C=CN=C3C2=C(c3cccc4c3OCO4)C(=O)NC2=O)C1C(=O)N(C)C. The summed E-state index contributed by atoms with van der Waals surface area (Å²) in [7, 11) is 3.47. The fourth-order valence-corrected chi connectivity index (χ4v) is 5.24. The minimum absolute atomic E-state index is 0.0292. The number of aliphatic imine (C=N–C) groups is 1. The van der Waals surface area contributed by atoms with Gasteiger partial charge in [-0.3, -0.25) is 24.7 Å². The van der Waals surface area contributed by atoms with Crippen LogP contribution in [0.25, 0.3) is 5.57 Å². The summed E-state index contributed by atoms with van der Waals surface area (Å²) in [4.78, 5) is 47.4. The first-order valence-electron chi connectivity index (χ1n) is 11.2. The van der Waals surface area contributed by atoms with Crippen LogP contribution in [0.4, 0.5) is 5.69 Å². The predicted molar refractivity (Wildman–Crippen MR) is 128 cm³/mol. The summed E-state index contributed by atoms with van der Waals surface area (Å²) >= 11 is 0. The van der Waals surface area contributed by atoms with Crippen LogP contribution in [0.2, 0.25) is 0 Å². The summed E-state index contributed by atoms with van der Waals surface area (Å²) in [5.74, 6) is -0.248. The predicted octanol–water partition coefficient (Wildman–Crippen LogP) is 2.18. The fraction of sp³-hybridized carbons (Fsp3) is 0.231. The van der Waals surface area contributed by atoms with Crippen LogP contribution in [0.1, 0.15) is 29.5 Å². The lowest BCUT2D eigenvalue weighted by atomic mass is 9.90. The van der Waals surface area contributed by atoms with Crippen molar-refractivity contribution in [3.8, 4) is 11.5 Å². The van der Waals surface area contributed by atoms with Gasteiger partial charge in [-0.1, -0.05) is 37.3 Å². The highest BCUT2D eigenvalue weighted by Gasteiger charge is 2.44. The smallest absolute Gasteiger partial charge is 0.261 e. The van der Waals surface area contributed by atoms with E-state index in [4.69, 9.17) is 9.47 Å². The van der Waals surface area contributed by atoms with E-state index in [1.54, 1.807) is 49.6 Å². The zero-order chi connectivity index (χ0) is 24.4. The number of fused-ring (bicyclic) bond motifs is 1. The van der Waals surface area contributed by atoms with E-state index in [0.29, 0.717) is 28.3 Å². The van der Waals surface area contributed by atoms with Gasteiger partial charge in [-0.05, 0) is 11.6 Å². The molecule has 1 N–H and O–H groups in total. The van der Waals surface area contributed by atoms with Gasteiger partial charge in [-0.25, -0.2) is 0 Å². The van der Waals surface area contributed by atoms with Crippen molar-refractivity contribution in [3.05, 3.63) is 71.1 Å². The van der Waals surface area contributed by atoms with E-state index in [1.807, 2.05) is 30.0 Å². The van der Waals surface area contributed by atoms with Crippen LogP contribution in [-0.2, 0) is 14.4 Å². The molecule has 35 heavy (non-hydrogen) atoms. The molecule has 0 aromatic heterocycles. The maximum atomic E-state index is 13.2. The number of imide groups is 1. The number of hydrogen-bond acceptors (Lipinski definition) is 7. The topological polar surface area (TPSA) is 101 Å².